The fourth-order valence-electron chi connectivity index (χ4n) is 1.96. The predicted molar refractivity (Wildman–Crippen MR) is 82.5 cm³/mol. The van der Waals surface area contributed by atoms with Gasteiger partial charge in [0.05, 0.1) is 6.33 Å². The van der Waals surface area contributed by atoms with Crippen LogP contribution in [0, 0.1) is 0 Å². The van der Waals surface area contributed by atoms with Gasteiger partial charge >= 0.3 is 0 Å². The van der Waals surface area contributed by atoms with Crippen LogP contribution in [-0.2, 0) is 23.0 Å². The SMILES string of the molecule is CCn1cnc(S(=O)(=O)Nc2cccc(CCCN)c2)c1. The topological polar surface area (TPSA) is 90.0 Å². The molecule has 0 radical (unpaired) electrons. The van der Waals surface area contributed by atoms with Crippen LogP contribution >= 0.6 is 0 Å². The van der Waals surface area contributed by atoms with E-state index in [4.69, 9.17) is 5.73 Å². The highest BCUT2D eigenvalue weighted by Gasteiger charge is 2.17. The average Bonchev–Trinajstić information content (AvgIpc) is 2.95. The summed E-state index contributed by atoms with van der Waals surface area (Å²) in [6.45, 7) is 3.22. The van der Waals surface area contributed by atoms with Gasteiger partial charge in [0, 0.05) is 18.4 Å². The van der Waals surface area contributed by atoms with E-state index in [0.29, 0.717) is 18.8 Å². The van der Waals surface area contributed by atoms with Crippen LogP contribution in [0.3, 0.4) is 0 Å². The van der Waals surface area contributed by atoms with E-state index in [1.165, 1.54) is 12.5 Å². The molecule has 6 nitrogen and oxygen atoms in total. The lowest BCUT2D eigenvalue weighted by molar-refractivity contribution is 0.598. The molecular formula is C14H20N4O2S. The Labute approximate surface area is 125 Å². The van der Waals surface area contributed by atoms with Crippen molar-refractivity contribution in [1.82, 2.24) is 9.55 Å². The molecule has 0 unspecified atom stereocenters. The summed E-state index contributed by atoms with van der Waals surface area (Å²) in [5.74, 6) is 0. The zero-order valence-corrected chi connectivity index (χ0v) is 12.8. The third kappa shape index (κ3) is 4.05. The first-order valence-corrected chi connectivity index (χ1v) is 8.37. The standard InChI is InChI=1S/C14H20N4O2S/c1-2-18-10-14(16-11-18)21(19,20)17-13-7-3-5-12(9-13)6-4-8-15/h3,5,7,9-11,17H,2,4,6,8,15H2,1H3. The first-order valence-electron chi connectivity index (χ1n) is 6.88. The minimum atomic E-state index is -3.65. The van der Waals surface area contributed by atoms with E-state index < -0.39 is 10.0 Å². The zero-order chi connectivity index (χ0) is 15.3. The molecular weight excluding hydrogens is 288 g/mol. The molecule has 0 saturated carbocycles. The van der Waals surface area contributed by atoms with Crippen LogP contribution in [0.4, 0.5) is 5.69 Å². The highest BCUT2D eigenvalue weighted by Crippen LogP contribution is 2.17. The van der Waals surface area contributed by atoms with E-state index in [0.717, 1.165) is 18.4 Å². The largest absolute Gasteiger partial charge is 0.336 e. The van der Waals surface area contributed by atoms with Crippen molar-refractivity contribution in [2.24, 2.45) is 5.73 Å². The van der Waals surface area contributed by atoms with E-state index >= 15 is 0 Å². The molecule has 0 bridgehead atoms. The van der Waals surface area contributed by atoms with E-state index in [9.17, 15) is 8.42 Å². The molecule has 0 spiro atoms. The number of aryl methyl sites for hydroxylation is 2. The number of imidazole rings is 1. The van der Waals surface area contributed by atoms with Gasteiger partial charge in [0.2, 0.25) is 0 Å². The lowest BCUT2D eigenvalue weighted by atomic mass is 10.1. The Morgan fingerprint density at radius 2 is 2.19 bits per heavy atom. The van der Waals surface area contributed by atoms with E-state index in [1.54, 1.807) is 10.6 Å². The lowest BCUT2D eigenvalue weighted by Crippen LogP contribution is -2.13. The highest BCUT2D eigenvalue weighted by molar-refractivity contribution is 7.92. The van der Waals surface area contributed by atoms with Crippen molar-refractivity contribution >= 4 is 15.7 Å². The third-order valence-corrected chi connectivity index (χ3v) is 4.36. The number of hydrogen-bond acceptors (Lipinski definition) is 4. The quantitative estimate of drug-likeness (QED) is 0.813. The second-order valence-corrected chi connectivity index (χ2v) is 6.37. The van der Waals surface area contributed by atoms with Gasteiger partial charge in [-0.15, -0.1) is 0 Å². The molecule has 2 aromatic rings. The number of nitrogens with one attached hydrogen (secondary N) is 1. The maximum absolute atomic E-state index is 12.2. The molecule has 0 amide bonds. The molecule has 0 fully saturated rings. The van der Waals surface area contributed by atoms with Crippen molar-refractivity contribution in [2.45, 2.75) is 31.3 Å². The second kappa shape index (κ2) is 6.73. The monoisotopic (exact) mass is 308 g/mol. The minimum Gasteiger partial charge on any atom is -0.336 e. The van der Waals surface area contributed by atoms with Gasteiger partial charge in [0.15, 0.2) is 5.03 Å². The van der Waals surface area contributed by atoms with Gasteiger partial charge in [-0.2, -0.15) is 8.42 Å². The zero-order valence-electron chi connectivity index (χ0n) is 12.0. The summed E-state index contributed by atoms with van der Waals surface area (Å²) in [6.07, 6.45) is 4.72. The molecule has 1 aromatic heterocycles. The van der Waals surface area contributed by atoms with Crippen LogP contribution in [0.5, 0.6) is 0 Å². The molecule has 1 heterocycles. The molecule has 0 aliphatic rings. The number of anilines is 1. The molecule has 1 aromatic carbocycles. The Morgan fingerprint density at radius 3 is 2.86 bits per heavy atom. The van der Waals surface area contributed by atoms with E-state index in [1.807, 2.05) is 25.1 Å². The third-order valence-electron chi connectivity index (χ3n) is 3.10. The number of sulfonamides is 1. The molecule has 3 N–H and O–H groups in total. The maximum Gasteiger partial charge on any atom is 0.280 e. The molecule has 0 aliphatic carbocycles. The van der Waals surface area contributed by atoms with Gasteiger partial charge in [0.25, 0.3) is 10.0 Å². The Morgan fingerprint density at radius 1 is 1.38 bits per heavy atom. The highest BCUT2D eigenvalue weighted by atomic mass is 32.2. The fraction of sp³-hybridized carbons (Fsp3) is 0.357. The molecule has 0 aliphatic heterocycles. The summed E-state index contributed by atoms with van der Waals surface area (Å²) >= 11 is 0. The van der Waals surface area contributed by atoms with Crippen LogP contribution in [-0.4, -0.2) is 24.5 Å². The molecule has 0 atom stereocenters. The normalized spacial score (nSPS) is 11.5. The summed E-state index contributed by atoms with van der Waals surface area (Å²) in [5.41, 5.74) is 7.08. The van der Waals surface area contributed by atoms with Crippen molar-refractivity contribution in [2.75, 3.05) is 11.3 Å². The number of aromatic nitrogens is 2. The van der Waals surface area contributed by atoms with Crippen molar-refractivity contribution in [3.63, 3.8) is 0 Å². The van der Waals surface area contributed by atoms with E-state index in [2.05, 4.69) is 9.71 Å². The van der Waals surface area contributed by atoms with Crippen molar-refractivity contribution in [1.29, 1.82) is 0 Å². The van der Waals surface area contributed by atoms with Gasteiger partial charge in [-0.25, -0.2) is 4.98 Å². The van der Waals surface area contributed by atoms with Crippen LogP contribution in [0.1, 0.15) is 18.9 Å². The van der Waals surface area contributed by atoms with Crippen LogP contribution in [0.2, 0.25) is 0 Å². The second-order valence-electron chi connectivity index (χ2n) is 4.74. The summed E-state index contributed by atoms with van der Waals surface area (Å²) in [7, 11) is -3.65. The Bertz CT molecular complexity index is 695. The number of hydrogen-bond donors (Lipinski definition) is 2. The molecule has 2 rings (SSSR count). The summed E-state index contributed by atoms with van der Waals surface area (Å²) < 4.78 is 28.8. The van der Waals surface area contributed by atoms with E-state index in [-0.39, 0.29) is 5.03 Å². The van der Waals surface area contributed by atoms with Crippen molar-refractivity contribution < 1.29 is 8.42 Å². The Kier molecular flexibility index (Phi) is 4.98. The number of nitrogens with zero attached hydrogens (tertiary/aromatic N) is 2. The van der Waals surface area contributed by atoms with Crippen LogP contribution < -0.4 is 10.5 Å². The van der Waals surface area contributed by atoms with Gasteiger partial charge in [-0.3, -0.25) is 4.72 Å². The smallest absolute Gasteiger partial charge is 0.280 e. The number of nitrogens with two attached hydrogens (primary N) is 1. The molecule has 114 valence electrons. The predicted octanol–water partition coefficient (Wildman–Crippen LogP) is 1.60. The summed E-state index contributed by atoms with van der Waals surface area (Å²) in [6, 6.07) is 7.33. The van der Waals surface area contributed by atoms with Gasteiger partial charge in [-0.1, -0.05) is 12.1 Å². The molecule has 7 heteroatoms. The van der Waals surface area contributed by atoms with Gasteiger partial charge < -0.3 is 10.3 Å². The number of benzene rings is 1. The summed E-state index contributed by atoms with van der Waals surface area (Å²) in [4.78, 5) is 3.92. The Hall–Kier alpha value is -1.86. The van der Waals surface area contributed by atoms with Crippen LogP contribution in [0.25, 0.3) is 0 Å². The summed E-state index contributed by atoms with van der Waals surface area (Å²) in [5, 5.41) is 0.0247. The number of rotatable bonds is 7. The minimum absolute atomic E-state index is 0.0247. The lowest BCUT2D eigenvalue weighted by Gasteiger charge is -2.07. The van der Waals surface area contributed by atoms with Crippen LogP contribution in [0.15, 0.2) is 41.8 Å². The Balaban J connectivity index is 2.16. The first-order chi connectivity index (χ1) is 10.0. The van der Waals surface area contributed by atoms with Gasteiger partial charge in [-0.05, 0) is 44.0 Å². The molecule has 0 saturated heterocycles. The van der Waals surface area contributed by atoms with Crippen molar-refractivity contribution in [3.8, 4) is 0 Å². The van der Waals surface area contributed by atoms with Crippen molar-refractivity contribution in [3.05, 3.63) is 42.4 Å². The molecule has 21 heavy (non-hydrogen) atoms. The fourth-order valence-corrected chi connectivity index (χ4v) is 2.96. The van der Waals surface area contributed by atoms with Gasteiger partial charge in [0.1, 0.15) is 0 Å². The average molecular weight is 308 g/mol. The maximum atomic E-state index is 12.2. The first kappa shape index (κ1) is 15.5.